The van der Waals surface area contributed by atoms with Gasteiger partial charge in [-0.3, -0.25) is 19.3 Å². The second kappa shape index (κ2) is 11.6. The van der Waals surface area contributed by atoms with Gasteiger partial charge in [-0.1, -0.05) is 53.6 Å². The summed E-state index contributed by atoms with van der Waals surface area (Å²) in [5, 5.41) is 2.46. The Morgan fingerprint density at radius 1 is 1.08 bits per heavy atom. The van der Waals surface area contributed by atoms with E-state index in [4.69, 9.17) is 16.3 Å². The number of carbonyl (C=O) groups is 3. The number of imide groups is 1. The predicted molar refractivity (Wildman–Crippen MR) is 150 cm³/mol. The van der Waals surface area contributed by atoms with Gasteiger partial charge in [0.1, 0.15) is 18.9 Å². The summed E-state index contributed by atoms with van der Waals surface area (Å²) in [5.41, 5.74) is 3.31. The normalized spacial score (nSPS) is 14.4. The van der Waals surface area contributed by atoms with Crippen LogP contribution in [0.5, 0.6) is 5.75 Å². The molecule has 1 heterocycles. The fourth-order valence-corrected chi connectivity index (χ4v) is 5.80. The van der Waals surface area contributed by atoms with Crippen molar-refractivity contribution in [2.75, 3.05) is 11.9 Å². The molecule has 4 rings (SSSR count). The van der Waals surface area contributed by atoms with E-state index in [-0.39, 0.29) is 4.91 Å². The Hall–Kier alpha value is -2.59. The third kappa shape index (κ3) is 6.39. The number of rotatable bonds is 7. The van der Waals surface area contributed by atoms with Gasteiger partial charge >= 0.3 is 0 Å². The van der Waals surface area contributed by atoms with Crippen molar-refractivity contribution in [2.45, 2.75) is 13.5 Å². The van der Waals surface area contributed by atoms with Crippen LogP contribution in [-0.2, 0) is 16.2 Å². The molecule has 3 amide bonds. The standard InChI is InChI=1S/C26H19Br2ClN2O4S/c1-15-6-8-16(9-7-15)14-35-24-18(27)10-17(11-19(24)28)12-22-25(33)31(26(34)36-22)13-23(32)30-21-5-3-2-4-20(21)29/h2-12H,13-14H2,1H3,(H,30,32)/b22-12+. The average Bonchev–Trinajstić information content (AvgIpc) is 3.08. The van der Waals surface area contributed by atoms with Gasteiger partial charge in [0.25, 0.3) is 11.1 Å². The quantitative estimate of drug-likeness (QED) is 0.269. The number of nitrogens with zero attached hydrogens (tertiary/aromatic N) is 1. The van der Waals surface area contributed by atoms with Gasteiger partial charge in [-0.2, -0.15) is 0 Å². The lowest BCUT2D eigenvalue weighted by molar-refractivity contribution is -0.127. The monoisotopic (exact) mass is 648 g/mol. The van der Waals surface area contributed by atoms with Crippen LogP contribution in [0.2, 0.25) is 5.02 Å². The van der Waals surface area contributed by atoms with Crippen LogP contribution >= 0.6 is 55.2 Å². The first-order valence-corrected chi connectivity index (χ1v) is 13.5. The zero-order chi connectivity index (χ0) is 25.8. The van der Waals surface area contributed by atoms with Crippen LogP contribution in [0.1, 0.15) is 16.7 Å². The van der Waals surface area contributed by atoms with Crippen LogP contribution in [-0.4, -0.2) is 28.5 Å². The van der Waals surface area contributed by atoms with Gasteiger partial charge in [0, 0.05) is 0 Å². The maximum atomic E-state index is 12.9. The Morgan fingerprint density at radius 3 is 2.42 bits per heavy atom. The third-order valence-electron chi connectivity index (χ3n) is 5.15. The van der Waals surface area contributed by atoms with Crippen LogP contribution in [0.3, 0.4) is 0 Å². The van der Waals surface area contributed by atoms with Gasteiger partial charge in [0.15, 0.2) is 0 Å². The van der Waals surface area contributed by atoms with Crippen molar-refractivity contribution in [1.82, 2.24) is 4.90 Å². The first-order chi connectivity index (χ1) is 17.2. The second-order valence-electron chi connectivity index (χ2n) is 7.88. The molecule has 6 nitrogen and oxygen atoms in total. The maximum Gasteiger partial charge on any atom is 0.294 e. The molecule has 0 bridgehead atoms. The number of hydrogen-bond acceptors (Lipinski definition) is 5. The Labute approximate surface area is 234 Å². The van der Waals surface area contributed by atoms with Crippen LogP contribution in [0.15, 0.2) is 74.5 Å². The Bertz CT molecular complexity index is 1360. The van der Waals surface area contributed by atoms with E-state index < -0.39 is 23.6 Å². The SMILES string of the molecule is Cc1ccc(COc2c(Br)cc(/C=C3/SC(=O)N(CC(=O)Nc4ccccc4Cl)C3=O)cc2Br)cc1. The molecular weight excluding hydrogens is 632 g/mol. The summed E-state index contributed by atoms with van der Waals surface area (Å²) in [7, 11) is 0. The molecule has 3 aromatic rings. The zero-order valence-electron chi connectivity index (χ0n) is 18.9. The number of thioether (sulfide) groups is 1. The molecule has 184 valence electrons. The van der Waals surface area contributed by atoms with Crippen molar-refractivity contribution in [2.24, 2.45) is 0 Å². The van der Waals surface area contributed by atoms with Gasteiger partial charge in [0.05, 0.1) is 24.6 Å². The molecule has 3 aromatic carbocycles. The largest absolute Gasteiger partial charge is 0.487 e. The molecule has 10 heteroatoms. The van der Waals surface area contributed by atoms with E-state index in [9.17, 15) is 14.4 Å². The second-order valence-corrected chi connectivity index (χ2v) is 11.0. The fraction of sp³-hybridized carbons (Fsp3) is 0.115. The van der Waals surface area contributed by atoms with E-state index in [0.717, 1.165) is 22.2 Å². The number of halogens is 3. The van der Waals surface area contributed by atoms with Crippen LogP contribution in [0.25, 0.3) is 6.08 Å². The zero-order valence-corrected chi connectivity index (χ0v) is 23.6. The summed E-state index contributed by atoms with van der Waals surface area (Å²) in [6.45, 7) is 2.01. The molecule has 0 saturated carbocycles. The lowest BCUT2D eigenvalue weighted by atomic mass is 10.1. The highest BCUT2D eigenvalue weighted by molar-refractivity contribution is 9.11. The molecular formula is C26H19Br2ClN2O4S. The predicted octanol–water partition coefficient (Wildman–Crippen LogP) is 7.43. The Kier molecular flexibility index (Phi) is 8.56. The minimum atomic E-state index is -0.536. The smallest absolute Gasteiger partial charge is 0.294 e. The van der Waals surface area contributed by atoms with Crippen molar-refractivity contribution in [3.05, 3.63) is 96.2 Å². The third-order valence-corrected chi connectivity index (χ3v) is 7.56. The number of ether oxygens (including phenoxy) is 1. The average molecular weight is 651 g/mol. The summed E-state index contributed by atoms with van der Waals surface area (Å²) in [6.07, 6.45) is 1.61. The highest BCUT2D eigenvalue weighted by Crippen LogP contribution is 2.38. The number of nitrogens with one attached hydrogen (secondary N) is 1. The molecule has 1 N–H and O–H groups in total. The minimum absolute atomic E-state index is 0.220. The van der Waals surface area contributed by atoms with Gasteiger partial charge in [-0.05, 0) is 92.0 Å². The lowest BCUT2D eigenvalue weighted by Crippen LogP contribution is -2.36. The van der Waals surface area contributed by atoms with Crippen LogP contribution < -0.4 is 10.1 Å². The van der Waals surface area contributed by atoms with E-state index in [0.29, 0.717) is 37.6 Å². The summed E-state index contributed by atoms with van der Waals surface area (Å²) in [5.74, 6) is -0.435. The van der Waals surface area contributed by atoms with Gasteiger partial charge in [-0.25, -0.2) is 0 Å². The lowest BCUT2D eigenvalue weighted by Gasteiger charge is -2.13. The number of anilines is 1. The summed E-state index contributed by atoms with van der Waals surface area (Å²) in [4.78, 5) is 38.9. The van der Waals surface area contributed by atoms with E-state index in [1.165, 1.54) is 5.56 Å². The van der Waals surface area contributed by atoms with Crippen molar-refractivity contribution in [3.8, 4) is 5.75 Å². The fourth-order valence-electron chi connectivity index (χ4n) is 3.32. The van der Waals surface area contributed by atoms with Gasteiger partial charge in [-0.15, -0.1) is 0 Å². The van der Waals surface area contributed by atoms with Crippen molar-refractivity contribution < 1.29 is 19.1 Å². The number of para-hydroxylation sites is 1. The maximum absolute atomic E-state index is 12.9. The molecule has 1 aliphatic rings. The summed E-state index contributed by atoms with van der Waals surface area (Å²) < 4.78 is 7.35. The van der Waals surface area contributed by atoms with Crippen molar-refractivity contribution in [3.63, 3.8) is 0 Å². The van der Waals surface area contributed by atoms with E-state index in [1.54, 1.807) is 42.5 Å². The summed E-state index contributed by atoms with van der Waals surface area (Å²) in [6, 6.07) is 18.4. The topological polar surface area (TPSA) is 75.7 Å². The highest BCUT2D eigenvalue weighted by Gasteiger charge is 2.36. The first-order valence-electron chi connectivity index (χ1n) is 10.7. The Balaban J connectivity index is 1.44. The van der Waals surface area contributed by atoms with E-state index in [2.05, 4.69) is 37.2 Å². The summed E-state index contributed by atoms with van der Waals surface area (Å²) >= 11 is 13.9. The van der Waals surface area contributed by atoms with Crippen LogP contribution in [0.4, 0.5) is 10.5 Å². The van der Waals surface area contributed by atoms with Crippen molar-refractivity contribution in [1.29, 1.82) is 0 Å². The highest BCUT2D eigenvalue weighted by atomic mass is 79.9. The van der Waals surface area contributed by atoms with Gasteiger partial charge < -0.3 is 10.1 Å². The number of carbonyl (C=O) groups excluding carboxylic acids is 3. The molecule has 0 aliphatic carbocycles. The van der Waals surface area contributed by atoms with Crippen LogP contribution in [0, 0.1) is 6.92 Å². The van der Waals surface area contributed by atoms with E-state index in [1.807, 2.05) is 31.2 Å². The molecule has 1 fully saturated rings. The molecule has 36 heavy (non-hydrogen) atoms. The van der Waals surface area contributed by atoms with Crippen molar-refractivity contribution >= 4 is 84.0 Å². The number of benzene rings is 3. The Morgan fingerprint density at radius 2 is 1.75 bits per heavy atom. The molecule has 0 unspecified atom stereocenters. The number of aryl methyl sites for hydroxylation is 1. The van der Waals surface area contributed by atoms with E-state index >= 15 is 0 Å². The molecule has 0 radical (unpaired) electrons. The molecule has 1 aliphatic heterocycles. The minimum Gasteiger partial charge on any atom is -0.487 e. The molecule has 0 aromatic heterocycles. The molecule has 0 atom stereocenters. The number of amides is 3. The first kappa shape index (κ1) is 26.5. The van der Waals surface area contributed by atoms with Gasteiger partial charge in [0.2, 0.25) is 5.91 Å². The molecule has 0 spiro atoms. The number of hydrogen-bond donors (Lipinski definition) is 1. The molecule has 1 saturated heterocycles.